The Morgan fingerprint density at radius 1 is 0.947 bits per heavy atom. The molecule has 1 atom stereocenters. The fraction of sp³-hybridized carbons (Fsp3) is 0.200. The molecule has 0 amide bonds. The van der Waals surface area contributed by atoms with E-state index >= 15 is 0 Å². The third-order valence-electron chi connectivity index (χ3n) is 3.05. The van der Waals surface area contributed by atoms with Crippen LogP contribution < -0.4 is 0 Å². The van der Waals surface area contributed by atoms with Crippen molar-refractivity contribution in [3.63, 3.8) is 0 Å². The number of halogens is 4. The zero-order valence-electron chi connectivity index (χ0n) is 10.5. The van der Waals surface area contributed by atoms with Crippen molar-refractivity contribution in [3.05, 3.63) is 65.1 Å². The van der Waals surface area contributed by atoms with E-state index in [4.69, 9.17) is 0 Å². The molecule has 0 aliphatic carbocycles. The standard InChI is InChI=1S/C15H12Br3I/c1-8-4-3-5-10(15(8)19)14(18)11-7-12(16)9(2)6-13(11)17/h3-7,14H,1-2H3. The third-order valence-corrected chi connectivity index (χ3v) is 7.05. The van der Waals surface area contributed by atoms with Crippen molar-refractivity contribution in [2.24, 2.45) is 0 Å². The quantitative estimate of drug-likeness (QED) is 0.277. The van der Waals surface area contributed by atoms with Crippen LogP contribution in [0.3, 0.4) is 0 Å². The second kappa shape index (κ2) is 6.58. The Kier molecular flexibility index (Phi) is 5.54. The van der Waals surface area contributed by atoms with Crippen LogP contribution in [-0.4, -0.2) is 0 Å². The Bertz CT molecular complexity index is 623. The Balaban J connectivity index is 2.53. The normalized spacial score (nSPS) is 12.5. The molecule has 0 aliphatic heterocycles. The average molecular weight is 559 g/mol. The lowest BCUT2D eigenvalue weighted by Gasteiger charge is -2.17. The summed E-state index contributed by atoms with van der Waals surface area (Å²) >= 11 is 13.5. The van der Waals surface area contributed by atoms with Crippen LogP contribution in [0.4, 0.5) is 0 Å². The van der Waals surface area contributed by atoms with Gasteiger partial charge in [0.1, 0.15) is 0 Å². The van der Waals surface area contributed by atoms with Crippen molar-refractivity contribution < 1.29 is 0 Å². The molecule has 1 unspecified atom stereocenters. The number of benzene rings is 2. The lowest BCUT2D eigenvalue weighted by molar-refractivity contribution is 1.13. The number of hydrogen-bond donors (Lipinski definition) is 0. The molecular formula is C15H12Br3I. The first kappa shape index (κ1) is 16.0. The van der Waals surface area contributed by atoms with Gasteiger partial charge in [0.05, 0.1) is 4.83 Å². The van der Waals surface area contributed by atoms with Gasteiger partial charge in [0.2, 0.25) is 0 Å². The van der Waals surface area contributed by atoms with Gasteiger partial charge in [-0.1, -0.05) is 66.0 Å². The van der Waals surface area contributed by atoms with E-state index in [9.17, 15) is 0 Å². The Hall–Kier alpha value is 0.610. The molecule has 0 aromatic heterocycles. The molecule has 100 valence electrons. The van der Waals surface area contributed by atoms with Crippen molar-refractivity contribution in [2.45, 2.75) is 18.7 Å². The van der Waals surface area contributed by atoms with Gasteiger partial charge in [-0.3, -0.25) is 0 Å². The van der Waals surface area contributed by atoms with Crippen molar-refractivity contribution in [2.75, 3.05) is 0 Å². The van der Waals surface area contributed by atoms with Gasteiger partial charge in [-0.25, -0.2) is 0 Å². The molecule has 2 aromatic carbocycles. The van der Waals surface area contributed by atoms with Gasteiger partial charge in [-0.05, 0) is 70.8 Å². The first-order valence-electron chi connectivity index (χ1n) is 5.76. The predicted octanol–water partition coefficient (Wildman–Crippen LogP) is 6.92. The van der Waals surface area contributed by atoms with Crippen LogP contribution in [0.1, 0.15) is 27.1 Å². The van der Waals surface area contributed by atoms with E-state index in [0.29, 0.717) is 0 Å². The lowest BCUT2D eigenvalue weighted by Crippen LogP contribution is -1.99. The van der Waals surface area contributed by atoms with E-state index in [0.717, 1.165) is 8.95 Å². The molecule has 0 saturated carbocycles. The molecule has 19 heavy (non-hydrogen) atoms. The fourth-order valence-electron chi connectivity index (χ4n) is 1.89. The fourth-order valence-corrected chi connectivity index (χ4v) is 5.10. The maximum atomic E-state index is 3.83. The molecule has 0 spiro atoms. The summed E-state index contributed by atoms with van der Waals surface area (Å²) < 4.78 is 3.58. The van der Waals surface area contributed by atoms with Gasteiger partial charge >= 0.3 is 0 Å². The maximum Gasteiger partial charge on any atom is 0.0666 e. The smallest absolute Gasteiger partial charge is 0.0666 e. The first-order chi connectivity index (χ1) is 8.91. The largest absolute Gasteiger partial charge is 0.0786 e. The number of aryl methyl sites for hydroxylation is 2. The summed E-state index contributed by atoms with van der Waals surface area (Å²) in [7, 11) is 0. The zero-order valence-corrected chi connectivity index (χ0v) is 17.4. The highest BCUT2D eigenvalue weighted by molar-refractivity contribution is 14.1. The minimum absolute atomic E-state index is 0.186. The molecule has 0 nitrogen and oxygen atoms in total. The summed E-state index contributed by atoms with van der Waals surface area (Å²) in [5, 5.41) is 0. The maximum absolute atomic E-state index is 3.83. The van der Waals surface area contributed by atoms with Crippen molar-refractivity contribution in [1.82, 2.24) is 0 Å². The van der Waals surface area contributed by atoms with E-state index in [2.05, 4.69) is 115 Å². The lowest BCUT2D eigenvalue weighted by atomic mass is 10.0. The van der Waals surface area contributed by atoms with Gasteiger partial charge < -0.3 is 0 Å². The Labute approximate surface area is 152 Å². The highest BCUT2D eigenvalue weighted by atomic mass is 127. The summed E-state index contributed by atoms with van der Waals surface area (Å²) in [5.41, 5.74) is 5.08. The average Bonchev–Trinajstić information content (AvgIpc) is 2.36. The number of alkyl halides is 1. The van der Waals surface area contributed by atoms with Gasteiger partial charge in [-0.2, -0.15) is 0 Å². The molecule has 0 fully saturated rings. The van der Waals surface area contributed by atoms with Crippen LogP contribution in [0.15, 0.2) is 39.3 Å². The van der Waals surface area contributed by atoms with Crippen molar-refractivity contribution >= 4 is 70.4 Å². The van der Waals surface area contributed by atoms with Crippen LogP contribution in [-0.2, 0) is 0 Å². The molecule has 2 aromatic rings. The molecule has 0 radical (unpaired) electrons. The van der Waals surface area contributed by atoms with E-state index in [-0.39, 0.29) is 4.83 Å². The molecule has 0 saturated heterocycles. The summed E-state index contributed by atoms with van der Waals surface area (Å²) in [6.45, 7) is 4.24. The van der Waals surface area contributed by atoms with Gasteiger partial charge in [0, 0.05) is 12.5 Å². The molecular weight excluding hydrogens is 547 g/mol. The SMILES string of the molecule is Cc1cc(Br)c(C(Br)c2cccc(C)c2I)cc1Br. The molecule has 0 aliphatic rings. The molecule has 4 heteroatoms. The van der Waals surface area contributed by atoms with Gasteiger partial charge in [0.25, 0.3) is 0 Å². The third kappa shape index (κ3) is 3.44. The molecule has 0 heterocycles. The number of rotatable bonds is 2. The minimum atomic E-state index is 0.186. The monoisotopic (exact) mass is 556 g/mol. The van der Waals surface area contributed by atoms with E-state index in [1.165, 1.54) is 25.8 Å². The summed E-state index contributed by atoms with van der Waals surface area (Å²) in [6.07, 6.45) is 0. The van der Waals surface area contributed by atoms with Crippen LogP contribution in [0.25, 0.3) is 0 Å². The number of hydrogen-bond acceptors (Lipinski definition) is 0. The minimum Gasteiger partial charge on any atom is -0.0786 e. The summed E-state index contributed by atoms with van der Waals surface area (Å²) in [4.78, 5) is 0.186. The second-order valence-corrected chi connectivity index (χ2v) is 8.17. The van der Waals surface area contributed by atoms with E-state index in [1.807, 2.05) is 0 Å². The summed E-state index contributed by atoms with van der Waals surface area (Å²) in [6, 6.07) is 10.8. The predicted molar refractivity (Wildman–Crippen MR) is 101 cm³/mol. The van der Waals surface area contributed by atoms with Gasteiger partial charge in [-0.15, -0.1) is 0 Å². The topological polar surface area (TPSA) is 0 Å². The van der Waals surface area contributed by atoms with Crippen LogP contribution in [0.2, 0.25) is 0 Å². The van der Waals surface area contributed by atoms with E-state index < -0.39 is 0 Å². The van der Waals surface area contributed by atoms with Crippen LogP contribution in [0.5, 0.6) is 0 Å². The second-order valence-electron chi connectivity index (χ2n) is 4.46. The molecule has 0 bridgehead atoms. The van der Waals surface area contributed by atoms with Gasteiger partial charge in [0.15, 0.2) is 0 Å². The van der Waals surface area contributed by atoms with Crippen LogP contribution >= 0.6 is 70.4 Å². The first-order valence-corrected chi connectivity index (χ1v) is 9.34. The molecule has 0 N–H and O–H groups in total. The van der Waals surface area contributed by atoms with Crippen molar-refractivity contribution in [3.8, 4) is 0 Å². The van der Waals surface area contributed by atoms with E-state index in [1.54, 1.807) is 0 Å². The Morgan fingerprint density at radius 3 is 2.32 bits per heavy atom. The highest BCUT2D eigenvalue weighted by Gasteiger charge is 2.18. The van der Waals surface area contributed by atoms with Crippen LogP contribution in [0, 0.1) is 17.4 Å². The highest BCUT2D eigenvalue weighted by Crippen LogP contribution is 2.40. The Morgan fingerprint density at radius 2 is 1.63 bits per heavy atom. The summed E-state index contributed by atoms with van der Waals surface area (Å²) in [5.74, 6) is 0. The van der Waals surface area contributed by atoms with Crippen molar-refractivity contribution in [1.29, 1.82) is 0 Å². The zero-order chi connectivity index (χ0) is 14.2. The molecule has 2 rings (SSSR count).